The van der Waals surface area contributed by atoms with Gasteiger partial charge in [0.05, 0.1) is 5.00 Å². The molecule has 0 spiro atoms. The van der Waals surface area contributed by atoms with Crippen molar-refractivity contribution in [2.75, 3.05) is 31.6 Å². The van der Waals surface area contributed by atoms with Gasteiger partial charge in [-0.25, -0.2) is 0 Å². The van der Waals surface area contributed by atoms with Crippen LogP contribution in [0.1, 0.15) is 39.5 Å². The second-order valence-electron chi connectivity index (χ2n) is 5.99. The van der Waals surface area contributed by atoms with Crippen LogP contribution in [0.5, 0.6) is 0 Å². The van der Waals surface area contributed by atoms with Gasteiger partial charge in [-0.05, 0) is 36.3 Å². The van der Waals surface area contributed by atoms with Gasteiger partial charge in [-0.3, -0.25) is 4.99 Å². The predicted molar refractivity (Wildman–Crippen MR) is 114 cm³/mol. The Morgan fingerprint density at radius 2 is 2.04 bits per heavy atom. The zero-order valence-electron chi connectivity index (χ0n) is 14.5. The highest BCUT2D eigenvalue weighted by molar-refractivity contribution is 14.0. The first kappa shape index (κ1) is 20.5. The summed E-state index contributed by atoms with van der Waals surface area (Å²) in [6.45, 7) is 7.78. The summed E-state index contributed by atoms with van der Waals surface area (Å²) in [5.41, 5.74) is 0. The fraction of sp³-hybridized carbons (Fsp3) is 0.706. The third-order valence-electron chi connectivity index (χ3n) is 4.59. The Morgan fingerprint density at radius 1 is 1.35 bits per heavy atom. The van der Waals surface area contributed by atoms with Gasteiger partial charge in [-0.15, -0.1) is 35.3 Å². The number of piperidine rings is 1. The number of aliphatic imine (C=N–C) groups is 1. The normalized spacial score (nSPS) is 16.3. The lowest BCUT2D eigenvalue weighted by Gasteiger charge is -2.33. The van der Waals surface area contributed by atoms with Crippen LogP contribution in [0.15, 0.2) is 22.5 Å². The van der Waals surface area contributed by atoms with Gasteiger partial charge in [0.25, 0.3) is 0 Å². The van der Waals surface area contributed by atoms with Crippen molar-refractivity contribution in [1.29, 1.82) is 0 Å². The minimum absolute atomic E-state index is 0. The van der Waals surface area contributed by atoms with Crippen LogP contribution in [-0.2, 0) is 0 Å². The van der Waals surface area contributed by atoms with E-state index in [0.29, 0.717) is 6.04 Å². The van der Waals surface area contributed by atoms with Crippen molar-refractivity contribution in [3.63, 3.8) is 0 Å². The van der Waals surface area contributed by atoms with E-state index in [1.807, 2.05) is 18.4 Å². The molecule has 0 amide bonds. The molecule has 0 radical (unpaired) electrons. The minimum atomic E-state index is 0. The fourth-order valence-corrected chi connectivity index (χ4v) is 3.69. The molecule has 1 aromatic rings. The molecule has 1 aliphatic rings. The average molecular weight is 450 g/mol. The maximum atomic E-state index is 4.37. The maximum absolute atomic E-state index is 4.37. The third kappa shape index (κ3) is 6.49. The molecule has 1 fully saturated rings. The number of halogens is 1. The van der Waals surface area contributed by atoms with E-state index in [4.69, 9.17) is 0 Å². The minimum Gasteiger partial charge on any atom is -0.363 e. The molecule has 0 aromatic carbocycles. The molecule has 6 heteroatoms. The third-order valence-corrected chi connectivity index (χ3v) is 5.52. The maximum Gasteiger partial charge on any atom is 0.191 e. The number of hydrogen-bond donors (Lipinski definition) is 2. The Bertz CT molecular complexity index is 437. The molecule has 2 heterocycles. The van der Waals surface area contributed by atoms with Crippen molar-refractivity contribution in [2.45, 2.75) is 45.6 Å². The number of guanidine groups is 1. The summed E-state index contributed by atoms with van der Waals surface area (Å²) in [6.07, 6.45) is 4.78. The van der Waals surface area contributed by atoms with Gasteiger partial charge in [0.1, 0.15) is 0 Å². The Morgan fingerprint density at radius 3 is 2.57 bits per heavy atom. The van der Waals surface area contributed by atoms with Crippen molar-refractivity contribution in [2.24, 2.45) is 10.9 Å². The summed E-state index contributed by atoms with van der Waals surface area (Å²) in [5.74, 6) is 1.70. The molecule has 0 bridgehead atoms. The molecule has 0 saturated carbocycles. The fourth-order valence-electron chi connectivity index (χ4n) is 2.90. The van der Waals surface area contributed by atoms with Crippen LogP contribution < -0.4 is 15.5 Å². The SMILES string of the molecule is CCC(CC)CNC(=NC)NC1CCN(c2cccs2)CC1.I. The number of nitrogens with zero attached hydrogens (tertiary/aromatic N) is 2. The molecule has 0 unspecified atom stereocenters. The second kappa shape index (κ2) is 11.1. The van der Waals surface area contributed by atoms with Crippen LogP contribution in [-0.4, -0.2) is 38.7 Å². The van der Waals surface area contributed by atoms with Crippen LogP contribution in [0.3, 0.4) is 0 Å². The Kier molecular flexibility index (Phi) is 9.94. The first-order valence-corrected chi connectivity index (χ1v) is 9.40. The Hall–Kier alpha value is -0.500. The van der Waals surface area contributed by atoms with Gasteiger partial charge in [0.2, 0.25) is 0 Å². The van der Waals surface area contributed by atoms with Crippen molar-refractivity contribution < 1.29 is 0 Å². The molecular weight excluding hydrogens is 419 g/mol. The van der Waals surface area contributed by atoms with E-state index in [1.165, 1.54) is 30.7 Å². The monoisotopic (exact) mass is 450 g/mol. The Labute approximate surface area is 162 Å². The first-order valence-electron chi connectivity index (χ1n) is 8.52. The molecule has 2 N–H and O–H groups in total. The molecule has 1 aliphatic heterocycles. The Balaban J connectivity index is 0.00000264. The lowest BCUT2D eigenvalue weighted by Crippen LogP contribution is -2.49. The molecule has 1 aromatic heterocycles. The van der Waals surface area contributed by atoms with E-state index in [2.05, 4.69) is 51.9 Å². The summed E-state index contributed by atoms with van der Waals surface area (Å²) in [6, 6.07) is 4.88. The van der Waals surface area contributed by atoms with Crippen LogP contribution in [0, 0.1) is 5.92 Å². The molecular formula is C17H31IN4S. The second-order valence-corrected chi connectivity index (χ2v) is 6.92. The van der Waals surface area contributed by atoms with E-state index < -0.39 is 0 Å². The molecule has 23 heavy (non-hydrogen) atoms. The topological polar surface area (TPSA) is 39.7 Å². The zero-order valence-corrected chi connectivity index (χ0v) is 17.7. The van der Waals surface area contributed by atoms with E-state index in [9.17, 15) is 0 Å². The summed E-state index contributed by atoms with van der Waals surface area (Å²) < 4.78 is 0. The van der Waals surface area contributed by atoms with Gasteiger partial charge in [-0.2, -0.15) is 0 Å². The number of nitrogens with one attached hydrogen (secondary N) is 2. The largest absolute Gasteiger partial charge is 0.363 e. The van der Waals surface area contributed by atoms with Crippen molar-refractivity contribution >= 4 is 46.3 Å². The lowest BCUT2D eigenvalue weighted by atomic mass is 10.0. The van der Waals surface area contributed by atoms with Crippen molar-refractivity contribution in [3.05, 3.63) is 17.5 Å². The van der Waals surface area contributed by atoms with E-state index in [-0.39, 0.29) is 24.0 Å². The molecule has 132 valence electrons. The first-order chi connectivity index (χ1) is 10.8. The lowest BCUT2D eigenvalue weighted by molar-refractivity contribution is 0.450. The van der Waals surface area contributed by atoms with Gasteiger partial charge in [-0.1, -0.05) is 26.7 Å². The highest BCUT2D eigenvalue weighted by Crippen LogP contribution is 2.24. The standard InChI is InChI=1S/C17H30N4S.HI/c1-4-14(5-2)13-19-17(18-3)20-15-8-10-21(11-9-15)16-7-6-12-22-16;/h6-7,12,14-15H,4-5,8-11,13H2,1-3H3,(H2,18,19,20);1H. The number of anilines is 1. The van der Waals surface area contributed by atoms with Gasteiger partial charge in [0, 0.05) is 32.7 Å². The zero-order chi connectivity index (χ0) is 15.8. The quantitative estimate of drug-likeness (QED) is 0.392. The summed E-state index contributed by atoms with van der Waals surface area (Å²) in [5, 5.41) is 10.6. The smallest absolute Gasteiger partial charge is 0.191 e. The van der Waals surface area contributed by atoms with Crippen molar-refractivity contribution in [1.82, 2.24) is 10.6 Å². The van der Waals surface area contributed by atoms with Crippen molar-refractivity contribution in [3.8, 4) is 0 Å². The van der Waals surface area contributed by atoms with E-state index in [0.717, 1.165) is 31.5 Å². The summed E-state index contributed by atoms with van der Waals surface area (Å²) >= 11 is 1.83. The van der Waals surface area contributed by atoms with E-state index >= 15 is 0 Å². The van der Waals surface area contributed by atoms with Gasteiger partial charge < -0.3 is 15.5 Å². The highest BCUT2D eigenvalue weighted by Gasteiger charge is 2.20. The van der Waals surface area contributed by atoms with E-state index in [1.54, 1.807) is 0 Å². The summed E-state index contributed by atoms with van der Waals surface area (Å²) in [7, 11) is 1.86. The van der Waals surface area contributed by atoms with Crippen LogP contribution in [0.4, 0.5) is 5.00 Å². The molecule has 2 rings (SSSR count). The van der Waals surface area contributed by atoms with Crippen LogP contribution in [0.2, 0.25) is 0 Å². The number of thiophene rings is 1. The number of hydrogen-bond acceptors (Lipinski definition) is 3. The van der Waals surface area contributed by atoms with Crippen LogP contribution in [0.25, 0.3) is 0 Å². The number of rotatable bonds is 6. The predicted octanol–water partition coefficient (Wildman–Crippen LogP) is 3.94. The molecule has 1 saturated heterocycles. The van der Waals surface area contributed by atoms with Gasteiger partial charge >= 0.3 is 0 Å². The average Bonchev–Trinajstić information content (AvgIpc) is 3.09. The molecule has 0 atom stereocenters. The summed E-state index contributed by atoms with van der Waals surface area (Å²) in [4.78, 5) is 6.86. The highest BCUT2D eigenvalue weighted by atomic mass is 127. The van der Waals surface area contributed by atoms with Gasteiger partial charge in [0.15, 0.2) is 5.96 Å². The van der Waals surface area contributed by atoms with Crippen LogP contribution >= 0.6 is 35.3 Å². The molecule has 4 nitrogen and oxygen atoms in total. The molecule has 0 aliphatic carbocycles.